The predicted molar refractivity (Wildman–Crippen MR) is 114 cm³/mol. The molecule has 0 radical (unpaired) electrons. The molecule has 0 aliphatic carbocycles. The van der Waals surface area contributed by atoms with E-state index in [4.69, 9.17) is 18.9 Å². The van der Waals surface area contributed by atoms with Gasteiger partial charge in [-0.2, -0.15) is 0 Å². The molecule has 0 spiro atoms. The summed E-state index contributed by atoms with van der Waals surface area (Å²) in [5.74, 6) is -8.50. The maximum absolute atomic E-state index is 13.0. The van der Waals surface area contributed by atoms with Gasteiger partial charge >= 0.3 is 11.9 Å². The van der Waals surface area contributed by atoms with Gasteiger partial charge in [0, 0.05) is 11.1 Å². The number of cyclic esters (lactones) is 2. The number of rotatable bonds is 2. The first-order valence-corrected chi connectivity index (χ1v) is 10.1. The SMILES string of the molecule is COc1c(O)cc2c(c1O)C(=O)O[C@H](C)[C@H](O)c1c(O)c(O)c(OC)c(O)c1C(=O)O[C@H](C)[C@H]2O. The summed E-state index contributed by atoms with van der Waals surface area (Å²) < 4.78 is 20.1. The number of hydrogen-bond donors (Lipinski definition) is 7. The zero-order chi connectivity index (χ0) is 26.4. The third kappa shape index (κ3) is 4.04. The third-order valence-electron chi connectivity index (χ3n) is 5.59. The van der Waals surface area contributed by atoms with Gasteiger partial charge in [-0.25, -0.2) is 9.59 Å². The molecular formula is C22H24O13. The Hall–Kier alpha value is -4.10. The highest BCUT2D eigenvalue weighted by Crippen LogP contribution is 2.51. The van der Waals surface area contributed by atoms with Gasteiger partial charge in [-0.05, 0) is 19.9 Å². The molecule has 7 N–H and O–H groups in total. The van der Waals surface area contributed by atoms with E-state index in [0.29, 0.717) is 0 Å². The highest BCUT2D eigenvalue weighted by atomic mass is 16.6. The molecular weight excluding hydrogens is 472 g/mol. The summed E-state index contributed by atoms with van der Waals surface area (Å²) in [6, 6.07) is 0.898. The minimum absolute atomic E-state index is 0.399. The van der Waals surface area contributed by atoms with Gasteiger partial charge in [0.2, 0.25) is 17.2 Å². The molecule has 0 bridgehead atoms. The highest BCUT2D eigenvalue weighted by molar-refractivity contribution is 5.98. The van der Waals surface area contributed by atoms with Crippen LogP contribution in [-0.4, -0.2) is 74.1 Å². The highest BCUT2D eigenvalue weighted by Gasteiger charge is 2.39. The maximum Gasteiger partial charge on any atom is 0.342 e. The standard InChI is InChI=1S/C22H24O13/c1-6-13(24)8-5-9(23)19(32-3)16(27)10(8)21(30)35-7(2)14(25)11-12(22(31)34-6)17(28)20(33-4)18(29)15(11)26/h5-7,13-14,23-29H,1-4H3/t6-,7-,13-,14+/m1/s1. The number of phenolic OH excluding ortho intramolecular Hbond substituents is 5. The van der Waals surface area contributed by atoms with E-state index in [1.54, 1.807) is 0 Å². The van der Waals surface area contributed by atoms with Gasteiger partial charge in [-0.1, -0.05) is 0 Å². The average Bonchev–Trinajstić information content (AvgIpc) is 2.79. The Bertz CT molecular complexity index is 1190. The second-order valence-electron chi connectivity index (χ2n) is 7.72. The predicted octanol–water partition coefficient (Wildman–Crippen LogP) is 1.10. The van der Waals surface area contributed by atoms with E-state index in [1.165, 1.54) is 6.92 Å². The van der Waals surface area contributed by atoms with Crippen LogP contribution >= 0.6 is 0 Å². The number of fused-ring (bicyclic) bond motifs is 2. The van der Waals surface area contributed by atoms with Crippen molar-refractivity contribution in [1.29, 1.82) is 0 Å². The summed E-state index contributed by atoms with van der Waals surface area (Å²) in [6.07, 6.45) is -6.92. The number of esters is 2. The summed E-state index contributed by atoms with van der Waals surface area (Å²) in [6.45, 7) is 2.34. The molecule has 2 aromatic carbocycles. The van der Waals surface area contributed by atoms with Gasteiger partial charge in [0.1, 0.15) is 35.5 Å². The molecule has 13 nitrogen and oxygen atoms in total. The lowest BCUT2D eigenvalue weighted by Gasteiger charge is -2.28. The largest absolute Gasteiger partial charge is 0.504 e. The Labute approximate surface area is 197 Å². The van der Waals surface area contributed by atoms with Crippen LogP contribution in [0.5, 0.6) is 40.2 Å². The van der Waals surface area contributed by atoms with Crippen molar-refractivity contribution in [1.82, 2.24) is 0 Å². The molecule has 0 unspecified atom stereocenters. The molecule has 0 amide bonds. The van der Waals surface area contributed by atoms with Crippen molar-refractivity contribution in [3.63, 3.8) is 0 Å². The first kappa shape index (κ1) is 25.5. The van der Waals surface area contributed by atoms with E-state index in [0.717, 1.165) is 27.2 Å². The minimum Gasteiger partial charge on any atom is -0.504 e. The molecule has 35 heavy (non-hydrogen) atoms. The number of benzene rings is 2. The number of hydrogen-bond acceptors (Lipinski definition) is 13. The normalized spacial score (nSPS) is 22.6. The molecule has 0 saturated carbocycles. The van der Waals surface area contributed by atoms with Crippen LogP contribution in [0.25, 0.3) is 0 Å². The smallest absolute Gasteiger partial charge is 0.342 e. The number of methoxy groups -OCH3 is 2. The molecule has 1 heterocycles. The van der Waals surface area contributed by atoms with Crippen LogP contribution in [0.3, 0.4) is 0 Å². The number of phenols is 5. The molecule has 3 rings (SSSR count). The zero-order valence-electron chi connectivity index (χ0n) is 19.0. The molecule has 2 aromatic rings. The molecule has 0 fully saturated rings. The van der Waals surface area contributed by atoms with Gasteiger partial charge < -0.3 is 54.7 Å². The van der Waals surface area contributed by atoms with Crippen LogP contribution in [0.15, 0.2) is 6.07 Å². The van der Waals surface area contributed by atoms with E-state index in [9.17, 15) is 45.3 Å². The van der Waals surface area contributed by atoms with Crippen molar-refractivity contribution < 1.29 is 64.3 Å². The van der Waals surface area contributed by atoms with Crippen molar-refractivity contribution in [3.05, 3.63) is 28.3 Å². The fourth-order valence-corrected chi connectivity index (χ4v) is 3.77. The fourth-order valence-electron chi connectivity index (χ4n) is 3.77. The van der Waals surface area contributed by atoms with Crippen LogP contribution in [0, 0.1) is 0 Å². The van der Waals surface area contributed by atoms with Gasteiger partial charge in [0.15, 0.2) is 23.0 Å². The average molecular weight is 496 g/mol. The van der Waals surface area contributed by atoms with Crippen LogP contribution in [0.4, 0.5) is 0 Å². The fraction of sp³-hybridized carbons (Fsp3) is 0.364. The van der Waals surface area contributed by atoms with Crippen LogP contribution in [-0.2, 0) is 9.47 Å². The summed E-state index contributed by atoms with van der Waals surface area (Å²) in [7, 11) is 2.13. The first-order chi connectivity index (χ1) is 16.4. The second kappa shape index (κ2) is 9.27. The lowest BCUT2D eigenvalue weighted by Crippen LogP contribution is -2.30. The minimum atomic E-state index is -2.02. The third-order valence-corrected chi connectivity index (χ3v) is 5.59. The van der Waals surface area contributed by atoms with Gasteiger partial charge in [-0.3, -0.25) is 0 Å². The van der Waals surface area contributed by atoms with Gasteiger partial charge in [0.05, 0.1) is 14.2 Å². The number of carbonyl (C=O) groups excluding carboxylic acids is 2. The Morgan fingerprint density at radius 2 is 1.20 bits per heavy atom. The van der Waals surface area contributed by atoms with Crippen LogP contribution < -0.4 is 9.47 Å². The number of carbonyl (C=O) groups is 2. The van der Waals surface area contributed by atoms with Crippen molar-refractivity contribution in [3.8, 4) is 40.2 Å². The zero-order valence-corrected chi connectivity index (χ0v) is 19.0. The quantitative estimate of drug-likeness (QED) is 0.176. The van der Waals surface area contributed by atoms with Gasteiger partial charge in [-0.15, -0.1) is 0 Å². The number of aromatic hydroxyl groups is 5. The summed E-state index contributed by atoms with van der Waals surface area (Å²) in [5, 5.41) is 73.6. The Morgan fingerprint density at radius 1 is 0.714 bits per heavy atom. The Morgan fingerprint density at radius 3 is 1.74 bits per heavy atom. The van der Waals surface area contributed by atoms with E-state index < -0.39 is 98.9 Å². The maximum atomic E-state index is 13.0. The Balaban J connectivity index is 2.30. The number of aliphatic hydroxyl groups is 2. The molecule has 1 aliphatic heterocycles. The summed E-state index contributed by atoms with van der Waals surface area (Å²) in [4.78, 5) is 26.0. The molecule has 1 aliphatic rings. The second-order valence-corrected chi connectivity index (χ2v) is 7.72. The van der Waals surface area contributed by atoms with E-state index >= 15 is 0 Å². The van der Waals surface area contributed by atoms with E-state index in [1.807, 2.05) is 0 Å². The first-order valence-electron chi connectivity index (χ1n) is 10.1. The van der Waals surface area contributed by atoms with Crippen molar-refractivity contribution in [2.45, 2.75) is 38.3 Å². The molecule has 4 atom stereocenters. The van der Waals surface area contributed by atoms with E-state index in [-0.39, 0.29) is 0 Å². The van der Waals surface area contributed by atoms with Crippen molar-refractivity contribution in [2.75, 3.05) is 14.2 Å². The van der Waals surface area contributed by atoms with Crippen molar-refractivity contribution >= 4 is 11.9 Å². The molecule has 190 valence electrons. The van der Waals surface area contributed by atoms with Crippen molar-refractivity contribution in [2.24, 2.45) is 0 Å². The lowest BCUT2D eigenvalue weighted by atomic mass is 9.94. The van der Waals surface area contributed by atoms with Gasteiger partial charge in [0.25, 0.3) is 0 Å². The monoisotopic (exact) mass is 496 g/mol. The number of aliphatic hydroxyl groups excluding tert-OH is 2. The van der Waals surface area contributed by atoms with E-state index in [2.05, 4.69) is 0 Å². The molecule has 13 heteroatoms. The summed E-state index contributed by atoms with van der Waals surface area (Å²) in [5.41, 5.74) is -2.63. The van der Waals surface area contributed by atoms with Crippen LogP contribution in [0.1, 0.15) is 57.9 Å². The number of ether oxygens (including phenoxy) is 4. The molecule has 0 saturated heterocycles. The Kier molecular flexibility index (Phi) is 6.76. The molecule has 0 aromatic heterocycles. The lowest BCUT2D eigenvalue weighted by molar-refractivity contribution is -0.0220. The van der Waals surface area contributed by atoms with Crippen LogP contribution in [0.2, 0.25) is 0 Å². The topological polar surface area (TPSA) is 213 Å². The summed E-state index contributed by atoms with van der Waals surface area (Å²) >= 11 is 0.